The van der Waals surface area contributed by atoms with Crippen molar-refractivity contribution >= 4 is 44.8 Å². The van der Waals surface area contributed by atoms with Crippen molar-refractivity contribution in [1.29, 1.82) is 0 Å². The minimum absolute atomic E-state index is 0.339. The molecule has 0 aliphatic carbocycles. The van der Waals surface area contributed by atoms with Crippen molar-refractivity contribution in [2.45, 2.75) is 0 Å². The number of amides is 1. The normalized spacial score (nSPS) is 10.2. The molecule has 104 valence electrons. The third-order valence-electron chi connectivity index (χ3n) is 2.69. The maximum absolute atomic E-state index is 12.3. The Morgan fingerprint density at radius 3 is 2.75 bits per heavy atom. The zero-order valence-electron chi connectivity index (χ0n) is 10.6. The summed E-state index contributed by atoms with van der Waals surface area (Å²) in [5.74, 6) is 0.122. The van der Waals surface area contributed by atoms with Crippen LogP contribution in [0.25, 0.3) is 0 Å². The van der Waals surface area contributed by atoms with E-state index in [0.717, 1.165) is 4.47 Å². The molecule has 3 N–H and O–H groups in total. The fourth-order valence-electron chi connectivity index (χ4n) is 1.71. The van der Waals surface area contributed by atoms with Crippen LogP contribution in [0.5, 0.6) is 5.75 Å². The third kappa shape index (κ3) is 3.05. The number of rotatable bonds is 3. The summed E-state index contributed by atoms with van der Waals surface area (Å²) in [6.07, 6.45) is 0. The van der Waals surface area contributed by atoms with Gasteiger partial charge in [-0.3, -0.25) is 4.79 Å². The van der Waals surface area contributed by atoms with Crippen molar-refractivity contribution in [2.75, 3.05) is 18.2 Å². The standard InChI is InChI=1S/C14H12BrClN2O2/c1-20-12-7-8(15)5-6-9(12)14(19)18-13-10(16)3-2-4-11(13)17/h2-7H,17H2,1H3,(H,18,19). The fraction of sp³-hybridized carbons (Fsp3) is 0.0714. The predicted molar refractivity (Wildman–Crippen MR) is 84.5 cm³/mol. The molecule has 2 aromatic rings. The van der Waals surface area contributed by atoms with Crippen molar-refractivity contribution in [3.63, 3.8) is 0 Å². The number of methoxy groups -OCH3 is 1. The van der Waals surface area contributed by atoms with Crippen molar-refractivity contribution in [3.05, 3.63) is 51.5 Å². The first-order valence-electron chi connectivity index (χ1n) is 5.72. The van der Waals surface area contributed by atoms with E-state index in [4.69, 9.17) is 22.1 Å². The highest BCUT2D eigenvalue weighted by Gasteiger charge is 2.15. The molecule has 0 aliphatic heterocycles. The lowest BCUT2D eigenvalue weighted by molar-refractivity contribution is 0.102. The number of benzene rings is 2. The number of hydrogen-bond donors (Lipinski definition) is 2. The quantitative estimate of drug-likeness (QED) is 0.820. The Kier molecular flexibility index (Phi) is 4.52. The molecular formula is C14H12BrClN2O2. The van der Waals surface area contributed by atoms with Gasteiger partial charge in [0.15, 0.2) is 0 Å². The van der Waals surface area contributed by atoms with E-state index < -0.39 is 0 Å². The molecule has 0 bridgehead atoms. The topological polar surface area (TPSA) is 64.3 Å². The molecule has 0 aromatic heterocycles. The first-order chi connectivity index (χ1) is 9.52. The molecule has 0 fully saturated rings. The van der Waals surface area contributed by atoms with Crippen LogP contribution < -0.4 is 15.8 Å². The summed E-state index contributed by atoms with van der Waals surface area (Å²) in [7, 11) is 1.50. The highest BCUT2D eigenvalue weighted by Crippen LogP contribution is 2.30. The summed E-state index contributed by atoms with van der Waals surface area (Å²) >= 11 is 9.35. The van der Waals surface area contributed by atoms with E-state index in [1.54, 1.807) is 36.4 Å². The summed E-state index contributed by atoms with van der Waals surface area (Å²) in [4.78, 5) is 12.3. The maximum atomic E-state index is 12.3. The molecule has 0 unspecified atom stereocenters. The minimum Gasteiger partial charge on any atom is -0.496 e. The second-order valence-electron chi connectivity index (χ2n) is 4.00. The van der Waals surface area contributed by atoms with Gasteiger partial charge in [0.1, 0.15) is 5.75 Å². The van der Waals surface area contributed by atoms with Crippen LogP contribution in [0, 0.1) is 0 Å². The molecule has 1 amide bonds. The Balaban J connectivity index is 2.33. The Morgan fingerprint density at radius 2 is 2.10 bits per heavy atom. The molecule has 0 heterocycles. The lowest BCUT2D eigenvalue weighted by Gasteiger charge is -2.12. The number of para-hydroxylation sites is 1. The number of nitrogens with one attached hydrogen (secondary N) is 1. The highest BCUT2D eigenvalue weighted by molar-refractivity contribution is 9.10. The second kappa shape index (κ2) is 6.15. The highest BCUT2D eigenvalue weighted by atomic mass is 79.9. The zero-order valence-corrected chi connectivity index (χ0v) is 13.0. The summed E-state index contributed by atoms with van der Waals surface area (Å²) in [6, 6.07) is 10.2. The fourth-order valence-corrected chi connectivity index (χ4v) is 2.28. The van der Waals surface area contributed by atoms with E-state index in [1.807, 2.05) is 0 Å². The molecule has 0 radical (unpaired) electrons. The van der Waals surface area contributed by atoms with E-state index >= 15 is 0 Å². The van der Waals surface area contributed by atoms with Crippen molar-refractivity contribution in [1.82, 2.24) is 0 Å². The van der Waals surface area contributed by atoms with E-state index in [1.165, 1.54) is 7.11 Å². The molecule has 0 atom stereocenters. The largest absolute Gasteiger partial charge is 0.496 e. The molecule has 2 aromatic carbocycles. The second-order valence-corrected chi connectivity index (χ2v) is 5.33. The molecule has 0 aliphatic rings. The Bertz CT molecular complexity index is 641. The van der Waals surface area contributed by atoms with Crippen LogP contribution >= 0.6 is 27.5 Å². The zero-order chi connectivity index (χ0) is 14.7. The number of hydrogen-bond acceptors (Lipinski definition) is 3. The number of ether oxygens (including phenoxy) is 1. The van der Waals surface area contributed by atoms with E-state index in [9.17, 15) is 4.79 Å². The van der Waals surface area contributed by atoms with Gasteiger partial charge in [-0.05, 0) is 30.3 Å². The van der Waals surface area contributed by atoms with E-state index in [-0.39, 0.29) is 5.91 Å². The number of carbonyl (C=O) groups excluding carboxylic acids is 1. The van der Waals surface area contributed by atoms with Crippen LogP contribution in [-0.2, 0) is 0 Å². The van der Waals surface area contributed by atoms with Gasteiger partial charge in [0.2, 0.25) is 0 Å². The van der Waals surface area contributed by atoms with Crippen molar-refractivity contribution < 1.29 is 9.53 Å². The average molecular weight is 356 g/mol. The van der Waals surface area contributed by atoms with Crippen LogP contribution in [0.1, 0.15) is 10.4 Å². The van der Waals surface area contributed by atoms with Gasteiger partial charge < -0.3 is 15.8 Å². The molecule has 0 spiro atoms. The molecule has 2 rings (SSSR count). The van der Waals surface area contributed by atoms with E-state index in [0.29, 0.717) is 27.7 Å². The number of anilines is 2. The number of nitrogen functional groups attached to an aromatic ring is 1. The average Bonchev–Trinajstić information content (AvgIpc) is 2.42. The molecule has 0 saturated carbocycles. The van der Waals surface area contributed by atoms with E-state index in [2.05, 4.69) is 21.2 Å². The minimum atomic E-state index is -0.339. The van der Waals surface area contributed by atoms with Gasteiger partial charge in [-0.25, -0.2) is 0 Å². The van der Waals surface area contributed by atoms with Crippen molar-refractivity contribution in [2.24, 2.45) is 0 Å². The summed E-state index contributed by atoms with van der Waals surface area (Å²) in [5, 5.41) is 3.08. The monoisotopic (exact) mass is 354 g/mol. The van der Waals surface area contributed by atoms with Crippen LogP contribution in [-0.4, -0.2) is 13.0 Å². The molecule has 6 heteroatoms. The van der Waals surface area contributed by atoms with Gasteiger partial charge in [0.05, 0.1) is 29.1 Å². The van der Waals surface area contributed by atoms with Gasteiger partial charge in [-0.2, -0.15) is 0 Å². The molecule has 4 nitrogen and oxygen atoms in total. The van der Waals surface area contributed by atoms with Crippen molar-refractivity contribution in [3.8, 4) is 5.75 Å². The molecule has 20 heavy (non-hydrogen) atoms. The number of halogens is 2. The first kappa shape index (κ1) is 14.7. The third-order valence-corrected chi connectivity index (χ3v) is 3.50. The molecular weight excluding hydrogens is 344 g/mol. The van der Waals surface area contributed by atoms with Crippen LogP contribution in [0.4, 0.5) is 11.4 Å². The number of nitrogens with two attached hydrogens (primary N) is 1. The van der Waals surface area contributed by atoms with Gasteiger partial charge in [0, 0.05) is 4.47 Å². The summed E-state index contributed by atoms with van der Waals surface area (Å²) < 4.78 is 6.01. The van der Waals surface area contributed by atoms with Crippen LogP contribution in [0.15, 0.2) is 40.9 Å². The molecule has 0 saturated heterocycles. The SMILES string of the molecule is COc1cc(Br)ccc1C(=O)Nc1c(N)cccc1Cl. The Hall–Kier alpha value is -1.72. The predicted octanol–water partition coefficient (Wildman–Crippen LogP) is 3.95. The van der Waals surface area contributed by atoms with Gasteiger partial charge in [0.25, 0.3) is 5.91 Å². The maximum Gasteiger partial charge on any atom is 0.259 e. The van der Waals surface area contributed by atoms with Crippen LogP contribution in [0.2, 0.25) is 5.02 Å². The van der Waals surface area contributed by atoms with Gasteiger partial charge >= 0.3 is 0 Å². The Morgan fingerprint density at radius 1 is 1.35 bits per heavy atom. The first-order valence-corrected chi connectivity index (χ1v) is 6.89. The lowest BCUT2D eigenvalue weighted by Crippen LogP contribution is -2.14. The summed E-state index contributed by atoms with van der Waals surface area (Å²) in [5.41, 5.74) is 7.00. The lowest BCUT2D eigenvalue weighted by atomic mass is 10.1. The van der Waals surface area contributed by atoms with Gasteiger partial charge in [-0.1, -0.05) is 33.6 Å². The summed E-state index contributed by atoms with van der Waals surface area (Å²) in [6.45, 7) is 0. The Labute approximate surface area is 130 Å². The number of carbonyl (C=O) groups is 1. The van der Waals surface area contributed by atoms with Gasteiger partial charge in [-0.15, -0.1) is 0 Å². The smallest absolute Gasteiger partial charge is 0.259 e. The van der Waals surface area contributed by atoms with Crippen LogP contribution in [0.3, 0.4) is 0 Å².